The third-order valence-corrected chi connectivity index (χ3v) is 4.79. The number of likely N-dealkylation sites (N-methyl/N-ethyl adjacent to an activating group) is 1. The van der Waals surface area contributed by atoms with Crippen LogP contribution in [0.3, 0.4) is 0 Å². The SMILES string of the molecule is CN(CCOc1ccc(F)cc1)C(=O)CCc1ncc(-c2ccc(Cl)cc2Cl)o1. The number of nitrogens with zero attached hydrogens (tertiary/aromatic N) is 2. The minimum atomic E-state index is -0.322. The lowest BCUT2D eigenvalue weighted by molar-refractivity contribution is -0.130. The van der Waals surface area contributed by atoms with Crippen LogP contribution in [0, 0.1) is 5.82 Å². The molecule has 3 rings (SSSR count). The Labute approximate surface area is 178 Å². The van der Waals surface area contributed by atoms with Crippen molar-refractivity contribution in [3.63, 3.8) is 0 Å². The summed E-state index contributed by atoms with van der Waals surface area (Å²) in [5, 5.41) is 1.01. The lowest BCUT2D eigenvalue weighted by atomic mass is 10.2. The molecule has 0 unspecified atom stereocenters. The van der Waals surface area contributed by atoms with Gasteiger partial charge in [0.15, 0.2) is 11.7 Å². The molecule has 0 atom stereocenters. The van der Waals surface area contributed by atoms with Crippen LogP contribution in [0.1, 0.15) is 12.3 Å². The van der Waals surface area contributed by atoms with Crippen molar-refractivity contribution in [2.45, 2.75) is 12.8 Å². The average molecular weight is 437 g/mol. The summed E-state index contributed by atoms with van der Waals surface area (Å²) in [5.74, 6) is 1.15. The maximum atomic E-state index is 12.9. The molecular formula is C21H19Cl2FN2O3. The predicted octanol–water partition coefficient (Wildman–Crippen LogP) is 5.26. The van der Waals surface area contributed by atoms with Crippen LogP contribution >= 0.6 is 23.2 Å². The zero-order chi connectivity index (χ0) is 20.8. The minimum Gasteiger partial charge on any atom is -0.492 e. The van der Waals surface area contributed by atoms with E-state index >= 15 is 0 Å². The van der Waals surface area contributed by atoms with E-state index in [9.17, 15) is 9.18 Å². The van der Waals surface area contributed by atoms with Crippen molar-refractivity contribution in [2.24, 2.45) is 0 Å². The summed E-state index contributed by atoms with van der Waals surface area (Å²) >= 11 is 12.1. The lowest BCUT2D eigenvalue weighted by Gasteiger charge is -2.17. The van der Waals surface area contributed by atoms with E-state index in [1.165, 1.54) is 12.1 Å². The number of rotatable bonds is 8. The van der Waals surface area contributed by atoms with Gasteiger partial charge < -0.3 is 14.1 Å². The van der Waals surface area contributed by atoms with Crippen molar-refractivity contribution in [3.8, 4) is 17.1 Å². The molecule has 0 fully saturated rings. The Hall–Kier alpha value is -2.57. The number of oxazole rings is 1. The van der Waals surface area contributed by atoms with E-state index in [1.54, 1.807) is 48.5 Å². The van der Waals surface area contributed by atoms with E-state index in [4.69, 9.17) is 32.4 Å². The number of ether oxygens (including phenoxy) is 1. The molecular weight excluding hydrogens is 418 g/mol. The highest BCUT2D eigenvalue weighted by Crippen LogP contribution is 2.30. The van der Waals surface area contributed by atoms with Gasteiger partial charge in [-0.1, -0.05) is 23.2 Å². The summed E-state index contributed by atoms with van der Waals surface area (Å²) in [6.45, 7) is 0.722. The summed E-state index contributed by atoms with van der Waals surface area (Å²) in [5.41, 5.74) is 0.691. The molecule has 0 aliphatic heterocycles. The molecule has 0 saturated heterocycles. The second-order valence-electron chi connectivity index (χ2n) is 6.36. The molecule has 1 heterocycles. The van der Waals surface area contributed by atoms with Crippen LogP contribution in [0.15, 0.2) is 53.1 Å². The predicted molar refractivity (Wildman–Crippen MR) is 110 cm³/mol. The molecule has 0 aliphatic carbocycles. The number of halogens is 3. The fourth-order valence-corrected chi connectivity index (χ4v) is 3.10. The molecule has 1 aromatic heterocycles. The highest BCUT2D eigenvalue weighted by atomic mass is 35.5. The molecule has 0 N–H and O–H groups in total. The Bertz CT molecular complexity index is 976. The molecule has 0 aliphatic rings. The molecule has 2 aromatic carbocycles. The van der Waals surface area contributed by atoms with Crippen LogP contribution in [-0.2, 0) is 11.2 Å². The molecule has 0 bridgehead atoms. The lowest BCUT2D eigenvalue weighted by Crippen LogP contribution is -2.31. The molecule has 8 heteroatoms. The normalized spacial score (nSPS) is 10.8. The van der Waals surface area contributed by atoms with Crippen LogP contribution in [0.5, 0.6) is 5.75 Å². The van der Waals surface area contributed by atoms with Crippen LogP contribution in [0.2, 0.25) is 10.0 Å². The molecule has 0 saturated carbocycles. The van der Waals surface area contributed by atoms with Crippen LogP contribution in [-0.4, -0.2) is 36.0 Å². The molecule has 5 nitrogen and oxygen atoms in total. The summed E-state index contributed by atoms with van der Waals surface area (Å²) in [6, 6.07) is 10.9. The monoisotopic (exact) mass is 436 g/mol. The zero-order valence-corrected chi connectivity index (χ0v) is 17.2. The van der Waals surface area contributed by atoms with Gasteiger partial charge in [0.1, 0.15) is 18.2 Å². The van der Waals surface area contributed by atoms with Gasteiger partial charge in [-0.05, 0) is 42.5 Å². The first kappa shape index (κ1) is 21.1. The van der Waals surface area contributed by atoms with Crippen molar-refractivity contribution in [2.75, 3.05) is 20.2 Å². The van der Waals surface area contributed by atoms with Gasteiger partial charge in [-0.2, -0.15) is 0 Å². The number of carbonyl (C=O) groups is 1. The van der Waals surface area contributed by atoms with Gasteiger partial charge in [0.05, 0.1) is 17.8 Å². The highest BCUT2D eigenvalue weighted by Gasteiger charge is 2.14. The first-order valence-electron chi connectivity index (χ1n) is 8.95. The van der Waals surface area contributed by atoms with Crippen LogP contribution in [0.25, 0.3) is 11.3 Å². The van der Waals surface area contributed by atoms with E-state index in [0.29, 0.717) is 52.6 Å². The molecule has 152 valence electrons. The Kier molecular flexibility index (Phi) is 7.12. The van der Waals surface area contributed by atoms with Crippen molar-refractivity contribution >= 4 is 29.1 Å². The Morgan fingerprint density at radius 1 is 1.21 bits per heavy atom. The van der Waals surface area contributed by atoms with E-state index in [0.717, 1.165) is 0 Å². The van der Waals surface area contributed by atoms with E-state index in [2.05, 4.69) is 4.98 Å². The second kappa shape index (κ2) is 9.76. The van der Waals surface area contributed by atoms with E-state index < -0.39 is 0 Å². The summed E-state index contributed by atoms with van der Waals surface area (Å²) in [4.78, 5) is 18.1. The van der Waals surface area contributed by atoms with Gasteiger partial charge in [-0.15, -0.1) is 0 Å². The quantitative estimate of drug-likeness (QED) is 0.483. The van der Waals surface area contributed by atoms with Crippen molar-refractivity contribution in [1.82, 2.24) is 9.88 Å². The maximum Gasteiger partial charge on any atom is 0.222 e. The number of benzene rings is 2. The minimum absolute atomic E-state index is 0.0584. The topological polar surface area (TPSA) is 55.6 Å². The first-order chi connectivity index (χ1) is 13.9. The number of aryl methyl sites for hydroxylation is 1. The second-order valence-corrected chi connectivity index (χ2v) is 7.20. The third-order valence-electron chi connectivity index (χ3n) is 4.24. The molecule has 29 heavy (non-hydrogen) atoms. The average Bonchev–Trinajstić information content (AvgIpc) is 3.16. The third kappa shape index (κ3) is 5.95. The van der Waals surface area contributed by atoms with Gasteiger partial charge >= 0.3 is 0 Å². The zero-order valence-electron chi connectivity index (χ0n) is 15.7. The maximum absolute atomic E-state index is 12.9. The van der Waals surface area contributed by atoms with Gasteiger partial charge in [-0.3, -0.25) is 4.79 Å². The van der Waals surface area contributed by atoms with Gasteiger partial charge in [0.2, 0.25) is 5.91 Å². The molecule has 1 amide bonds. The summed E-state index contributed by atoms with van der Waals surface area (Å²) < 4.78 is 24.1. The fourth-order valence-electron chi connectivity index (χ4n) is 2.60. The molecule has 0 radical (unpaired) electrons. The first-order valence-corrected chi connectivity index (χ1v) is 9.70. The van der Waals surface area contributed by atoms with Crippen molar-refractivity contribution in [3.05, 3.63) is 70.4 Å². The number of hydrogen-bond donors (Lipinski definition) is 0. The Morgan fingerprint density at radius 3 is 2.69 bits per heavy atom. The van der Waals surface area contributed by atoms with E-state index in [-0.39, 0.29) is 18.1 Å². The molecule has 3 aromatic rings. The van der Waals surface area contributed by atoms with Crippen LogP contribution in [0.4, 0.5) is 4.39 Å². The van der Waals surface area contributed by atoms with Crippen molar-refractivity contribution in [1.29, 1.82) is 0 Å². The number of hydrogen-bond acceptors (Lipinski definition) is 4. The number of aromatic nitrogens is 1. The Balaban J connectivity index is 1.46. The largest absolute Gasteiger partial charge is 0.492 e. The van der Waals surface area contributed by atoms with Crippen molar-refractivity contribution < 1.29 is 18.3 Å². The van der Waals surface area contributed by atoms with Gasteiger partial charge in [0.25, 0.3) is 0 Å². The smallest absolute Gasteiger partial charge is 0.222 e. The molecule has 0 spiro atoms. The fraction of sp³-hybridized carbons (Fsp3) is 0.238. The standard InChI is InChI=1S/C21H19Cl2FN2O3/c1-26(10-11-28-16-5-3-15(24)4-6-16)21(27)9-8-20-25-13-19(29-20)17-7-2-14(22)12-18(17)23/h2-7,12-13H,8-11H2,1H3. The van der Waals surface area contributed by atoms with Crippen LogP contribution < -0.4 is 4.74 Å². The van der Waals surface area contributed by atoms with Gasteiger partial charge in [-0.25, -0.2) is 9.37 Å². The number of carbonyl (C=O) groups excluding carboxylic acids is 1. The summed E-state index contributed by atoms with van der Waals surface area (Å²) in [6.07, 6.45) is 2.20. The Morgan fingerprint density at radius 2 is 1.97 bits per heavy atom. The highest BCUT2D eigenvalue weighted by molar-refractivity contribution is 6.36. The summed E-state index contributed by atoms with van der Waals surface area (Å²) in [7, 11) is 1.70. The van der Waals surface area contributed by atoms with E-state index in [1.807, 2.05) is 0 Å². The number of amides is 1. The van der Waals surface area contributed by atoms with Gasteiger partial charge in [0, 0.05) is 30.5 Å².